The molecular weight excluding hydrogens is 215 g/mol. The van der Waals surface area contributed by atoms with E-state index in [1.807, 2.05) is 6.92 Å². The number of aryl methyl sites for hydroxylation is 1. The van der Waals surface area contributed by atoms with Crippen molar-refractivity contribution in [2.24, 2.45) is 0 Å². The average Bonchev–Trinajstić information content (AvgIpc) is 2.19. The zero-order valence-electron chi connectivity index (χ0n) is 8.72. The Balaban J connectivity index is 2.60. The number of rotatable bonds is 5. The molecule has 0 saturated carbocycles. The first-order valence-corrected chi connectivity index (χ1v) is 5.49. The van der Waals surface area contributed by atoms with E-state index in [0.29, 0.717) is 25.1 Å². The SMILES string of the molecule is Cc1cc(F)ccc1CC(=O)CCCCl. The topological polar surface area (TPSA) is 17.1 Å². The molecule has 0 aliphatic heterocycles. The molecule has 0 unspecified atom stereocenters. The van der Waals surface area contributed by atoms with Gasteiger partial charge in [-0.2, -0.15) is 0 Å². The maximum atomic E-state index is 12.8. The molecular formula is C12H14ClFO. The number of alkyl halides is 1. The second-order valence-electron chi connectivity index (χ2n) is 3.58. The Bertz CT molecular complexity index is 349. The molecule has 15 heavy (non-hydrogen) atoms. The summed E-state index contributed by atoms with van der Waals surface area (Å²) in [5.41, 5.74) is 1.73. The number of halogens is 2. The predicted octanol–water partition coefficient (Wildman–Crippen LogP) is 3.26. The Kier molecular flexibility index (Phi) is 4.76. The van der Waals surface area contributed by atoms with Crippen LogP contribution in [0.2, 0.25) is 0 Å². The third-order valence-electron chi connectivity index (χ3n) is 2.28. The van der Waals surface area contributed by atoms with E-state index < -0.39 is 0 Å². The van der Waals surface area contributed by atoms with E-state index >= 15 is 0 Å². The molecule has 0 fully saturated rings. The van der Waals surface area contributed by atoms with Crippen LogP contribution in [0.5, 0.6) is 0 Å². The second kappa shape index (κ2) is 5.86. The van der Waals surface area contributed by atoms with E-state index in [2.05, 4.69) is 0 Å². The van der Waals surface area contributed by atoms with Crippen LogP contribution in [0.1, 0.15) is 24.0 Å². The number of Topliss-reactive ketones (excluding diaryl/α,β-unsaturated/α-hetero) is 1. The van der Waals surface area contributed by atoms with Gasteiger partial charge < -0.3 is 0 Å². The summed E-state index contributed by atoms with van der Waals surface area (Å²) in [4.78, 5) is 11.5. The minimum Gasteiger partial charge on any atom is -0.299 e. The number of carbonyl (C=O) groups is 1. The van der Waals surface area contributed by atoms with Crippen molar-refractivity contribution in [1.29, 1.82) is 0 Å². The highest BCUT2D eigenvalue weighted by Crippen LogP contribution is 2.12. The lowest BCUT2D eigenvalue weighted by atomic mass is 10.0. The van der Waals surface area contributed by atoms with Gasteiger partial charge in [0.15, 0.2) is 0 Å². The molecule has 1 rings (SSSR count). The summed E-state index contributed by atoms with van der Waals surface area (Å²) in [6, 6.07) is 4.50. The average molecular weight is 229 g/mol. The molecule has 0 aliphatic rings. The fraction of sp³-hybridized carbons (Fsp3) is 0.417. The van der Waals surface area contributed by atoms with E-state index in [0.717, 1.165) is 11.1 Å². The highest BCUT2D eigenvalue weighted by molar-refractivity contribution is 6.17. The van der Waals surface area contributed by atoms with Crippen molar-refractivity contribution in [2.45, 2.75) is 26.2 Å². The van der Waals surface area contributed by atoms with Crippen LogP contribution in [0.4, 0.5) is 4.39 Å². The van der Waals surface area contributed by atoms with Crippen molar-refractivity contribution in [3.8, 4) is 0 Å². The van der Waals surface area contributed by atoms with Crippen LogP contribution in [-0.4, -0.2) is 11.7 Å². The molecule has 0 aromatic heterocycles. The Hall–Kier alpha value is -0.890. The fourth-order valence-corrected chi connectivity index (χ4v) is 1.56. The van der Waals surface area contributed by atoms with Crippen LogP contribution >= 0.6 is 11.6 Å². The largest absolute Gasteiger partial charge is 0.299 e. The standard InChI is InChI=1S/C12H14ClFO/c1-9-7-11(14)5-4-10(9)8-12(15)3-2-6-13/h4-5,7H,2-3,6,8H2,1H3. The highest BCUT2D eigenvalue weighted by atomic mass is 35.5. The number of benzene rings is 1. The van der Waals surface area contributed by atoms with Crippen molar-refractivity contribution in [3.05, 3.63) is 35.1 Å². The maximum Gasteiger partial charge on any atom is 0.137 e. The van der Waals surface area contributed by atoms with Crippen LogP contribution in [0.15, 0.2) is 18.2 Å². The van der Waals surface area contributed by atoms with Crippen LogP contribution in [0, 0.1) is 12.7 Å². The number of carbonyl (C=O) groups excluding carboxylic acids is 1. The molecule has 3 heteroatoms. The van der Waals surface area contributed by atoms with Crippen molar-refractivity contribution >= 4 is 17.4 Å². The molecule has 0 amide bonds. The lowest BCUT2D eigenvalue weighted by molar-refractivity contribution is -0.118. The lowest BCUT2D eigenvalue weighted by Crippen LogP contribution is -2.04. The Morgan fingerprint density at radius 1 is 1.47 bits per heavy atom. The molecule has 0 aliphatic carbocycles. The monoisotopic (exact) mass is 228 g/mol. The number of hydrogen-bond acceptors (Lipinski definition) is 1. The quantitative estimate of drug-likeness (QED) is 0.707. The van der Waals surface area contributed by atoms with E-state index in [9.17, 15) is 9.18 Å². The van der Waals surface area contributed by atoms with Gasteiger partial charge in [-0.15, -0.1) is 11.6 Å². The zero-order valence-corrected chi connectivity index (χ0v) is 9.48. The van der Waals surface area contributed by atoms with Gasteiger partial charge in [-0.3, -0.25) is 4.79 Å². The van der Waals surface area contributed by atoms with E-state index in [1.54, 1.807) is 6.07 Å². The third kappa shape index (κ3) is 4.00. The first kappa shape index (κ1) is 12.2. The summed E-state index contributed by atoms with van der Waals surface area (Å²) >= 11 is 5.50. The lowest BCUT2D eigenvalue weighted by Gasteiger charge is -2.04. The Morgan fingerprint density at radius 3 is 2.80 bits per heavy atom. The molecule has 0 spiro atoms. The van der Waals surface area contributed by atoms with Crippen LogP contribution in [0.25, 0.3) is 0 Å². The first-order valence-electron chi connectivity index (χ1n) is 4.96. The van der Waals surface area contributed by atoms with Gasteiger partial charge in [-0.1, -0.05) is 6.07 Å². The maximum absolute atomic E-state index is 12.8. The van der Waals surface area contributed by atoms with Crippen LogP contribution < -0.4 is 0 Å². The zero-order chi connectivity index (χ0) is 11.3. The summed E-state index contributed by atoms with van der Waals surface area (Å²) < 4.78 is 12.8. The molecule has 0 radical (unpaired) electrons. The normalized spacial score (nSPS) is 10.3. The van der Waals surface area contributed by atoms with E-state index in [1.165, 1.54) is 12.1 Å². The highest BCUT2D eigenvalue weighted by Gasteiger charge is 2.06. The van der Waals surface area contributed by atoms with Gasteiger partial charge in [0.1, 0.15) is 11.6 Å². The second-order valence-corrected chi connectivity index (χ2v) is 3.96. The van der Waals surface area contributed by atoms with Gasteiger partial charge >= 0.3 is 0 Å². The Labute approximate surface area is 94.3 Å². The van der Waals surface area contributed by atoms with E-state index in [4.69, 9.17) is 11.6 Å². The minimum absolute atomic E-state index is 0.158. The fourth-order valence-electron chi connectivity index (χ4n) is 1.42. The summed E-state index contributed by atoms with van der Waals surface area (Å²) in [7, 11) is 0. The summed E-state index contributed by atoms with van der Waals surface area (Å²) in [6.07, 6.45) is 1.59. The number of hydrogen-bond donors (Lipinski definition) is 0. The van der Waals surface area contributed by atoms with Gasteiger partial charge in [0, 0.05) is 18.7 Å². The van der Waals surface area contributed by atoms with Crippen molar-refractivity contribution in [2.75, 3.05) is 5.88 Å². The molecule has 0 atom stereocenters. The van der Waals surface area contributed by atoms with E-state index in [-0.39, 0.29) is 11.6 Å². The molecule has 0 N–H and O–H groups in total. The molecule has 1 aromatic carbocycles. The minimum atomic E-state index is -0.260. The molecule has 0 heterocycles. The predicted molar refractivity (Wildman–Crippen MR) is 59.8 cm³/mol. The van der Waals surface area contributed by atoms with Gasteiger partial charge in [0.25, 0.3) is 0 Å². The molecule has 82 valence electrons. The Morgan fingerprint density at radius 2 is 2.20 bits per heavy atom. The third-order valence-corrected chi connectivity index (χ3v) is 2.55. The molecule has 1 aromatic rings. The smallest absolute Gasteiger partial charge is 0.137 e. The van der Waals surface area contributed by atoms with Crippen molar-refractivity contribution in [1.82, 2.24) is 0 Å². The first-order chi connectivity index (χ1) is 7.13. The summed E-state index contributed by atoms with van der Waals surface area (Å²) in [5, 5.41) is 0. The van der Waals surface area contributed by atoms with Crippen molar-refractivity contribution < 1.29 is 9.18 Å². The van der Waals surface area contributed by atoms with Gasteiger partial charge in [-0.25, -0.2) is 4.39 Å². The van der Waals surface area contributed by atoms with Gasteiger partial charge in [-0.05, 0) is 36.6 Å². The molecule has 0 bridgehead atoms. The number of ketones is 1. The van der Waals surface area contributed by atoms with Crippen LogP contribution in [0.3, 0.4) is 0 Å². The molecule has 1 nitrogen and oxygen atoms in total. The van der Waals surface area contributed by atoms with Gasteiger partial charge in [0.2, 0.25) is 0 Å². The molecule has 0 saturated heterocycles. The summed E-state index contributed by atoms with van der Waals surface area (Å²) in [6.45, 7) is 1.81. The van der Waals surface area contributed by atoms with Crippen LogP contribution in [-0.2, 0) is 11.2 Å². The summed E-state index contributed by atoms with van der Waals surface area (Å²) in [5.74, 6) is 0.406. The van der Waals surface area contributed by atoms with Crippen molar-refractivity contribution in [3.63, 3.8) is 0 Å². The van der Waals surface area contributed by atoms with Gasteiger partial charge in [0.05, 0.1) is 0 Å².